The molecule has 0 saturated heterocycles. The number of nitrogens with zero attached hydrogens (tertiary/aromatic N) is 1. The van der Waals surface area contributed by atoms with Gasteiger partial charge in [-0.15, -0.1) is 0 Å². The molecule has 2 N–H and O–H groups in total. The molecule has 0 amide bonds. The van der Waals surface area contributed by atoms with Crippen molar-refractivity contribution in [2.45, 2.75) is 12.1 Å². The largest absolute Gasteiger partial charge is 0.480 e. The van der Waals surface area contributed by atoms with Crippen LogP contribution in [0.3, 0.4) is 0 Å². The third kappa shape index (κ3) is 4.22. The van der Waals surface area contributed by atoms with E-state index in [-0.39, 0.29) is 0 Å². The normalized spacial score (nSPS) is 13.8. The zero-order valence-corrected chi connectivity index (χ0v) is 10.7. The van der Waals surface area contributed by atoms with Crippen molar-refractivity contribution in [3.8, 4) is 0 Å². The third-order valence-electron chi connectivity index (χ3n) is 2.41. The fraction of sp³-hybridized carbons (Fsp3) is 0.231. The third-order valence-corrected chi connectivity index (χ3v) is 2.52. The molecule has 0 saturated carbocycles. The van der Waals surface area contributed by atoms with E-state index in [1.165, 1.54) is 0 Å². The monoisotopic (exact) mass is 262 g/mol. The Morgan fingerprint density at radius 3 is 2.67 bits per heavy atom. The fourth-order valence-corrected chi connectivity index (χ4v) is 1.60. The highest BCUT2D eigenvalue weighted by Gasteiger charge is 2.23. The summed E-state index contributed by atoms with van der Waals surface area (Å²) in [6.07, 6.45) is 3.60. The number of nitrogens with one attached hydrogen (secondary N) is 1. The Hall–Kier alpha value is -1.81. The van der Waals surface area contributed by atoms with E-state index in [1.807, 2.05) is 36.4 Å². The molecular formula is C13H14N2O2S. The number of carbonyl (C=O) groups is 1. The first-order chi connectivity index (χ1) is 8.69. The lowest BCUT2D eigenvalue weighted by atomic mass is 10.1. The smallest absolute Gasteiger partial charge is 0.331 e. The van der Waals surface area contributed by atoms with Crippen LogP contribution in [0.2, 0.25) is 0 Å². The van der Waals surface area contributed by atoms with Crippen LogP contribution in [0.4, 0.5) is 0 Å². The molecule has 0 aliphatic heterocycles. The zero-order valence-electron chi connectivity index (χ0n) is 9.91. The number of carboxylic acids is 1. The molecule has 2 unspecified atom stereocenters. The summed E-state index contributed by atoms with van der Waals surface area (Å²) in [7, 11) is 1.68. The molecule has 0 aromatic heterocycles. The summed E-state index contributed by atoms with van der Waals surface area (Å²) in [6.45, 7) is 0. The molecule has 18 heavy (non-hydrogen) atoms. The van der Waals surface area contributed by atoms with Crippen LogP contribution in [0, 0.1) is 0 Å². The number of rotatable bonds is 6. The van der Waals surface area contributed by atoms with Gasteiger partial charge in [0.1, 0.15) is 0 Å². The summed E-state index contributed by atoms with van der Waals surface area (Å²) < 4.78 is 0. The lowest BCUT2D eigenvalue weighted by Crippen LogP contribution is -2.39. The number of thiocarbonyl (C=S) groups is 1. The average molecular weight is 262 g/mol. The average Bonchev–Trinajstić information content (AvgIpc) is 2.39. The first-order valence-corrected chi connectivity index (χ1v) is 5.80. The van der Waals surface area contributed by atoms with Gasteiger partial charge in [-0.05, 0) is 24.8 Å². The van der Waals surface area contributed by atoms with Crippen LogP contribution in [0.5, 0.6) is 0 Å². The molecule has 0 aliphatic carbocycles. The van der Waals surface area contributed by atoms with Crippen molar-refractivity contribution in [2.24, 2.45) is 4.99 Å². The van der Waals surface area contributed by atoms with Gasteiger partial charge in [-0.2, -0.15) is 0 Å². The Morgan fingerprint density at radius 2 is 2.17 bits per heavy atom. The van der Waals surface area contributed by atoms with E-state index in [1.54, 1.807) is 13.1 Å². The molecule has 1 aromatic rings. The summed E-state index contributed by atoms with van der Waals surface area (Å²) in [5.41, 5.74) is 0.994. The quantitative estimate of drug-likeness (QED) is 0.606. The predicted molar refractivity (Wildman–Crippen MR) is 74.8 cm³/mol. The van der Waals surface area contributed by atoms with E-state index in [9.17, 15) is 4.79 Å². The first-order valence-electron chi connectivity index (χ1n) is 5.39. The summed E-state index contributed by atoms with van der Waals surface area (Å²) in [6, 6.07) is 8.22. The van der Waals surface area contributed by atoms with Crippen LogP contribution in [-0.2, 0) is 4.79 Å². The molecule has 0 fully saturated rings. The van der Waals surface area contributed by atoms with Crippen LogP contribution in [0.1, 0.15) is 5.56 Å². The summed E-state index contributed by atoms with van der Waals surface area (Å²) in [4.78, 5) is 14.7. The first kappa shape index (κ1) is 14.3. The van der Waals surface area contributed by atoms with Gasteiger partial charge in [0.15, 0.2) is 6.04 Å². The van der Waals surface area contributed by atoms with Gasteiger partial charge in [-0.3, -0.25) is 0 Å². The second kappa shape index (κ2) is 7.50. The van der Waals surface area contributed by atoms with Crippen molar-refractivity contribution in [3.05, 3.63) is 42.0 Å². The van der Waals surface area contributed by atoms with Gasteiger partial charge in [0.05, 0.1) is 11.2 Å². The van der Waals surface area contributed by atoms with Gasteiger partial charge in [-0.1, -0.05) is 42.5 Å². The number of isothiocyanates is 1. The van der Waals surface area contributed by atoms with E-state index in [0.717, 1.165) is 5.56 Å². The highest BCUT2D eigenvalue weighted by atomic mass is 32.1. The van der Waals surface area contributed by atoms with E-state index in [4.69, 9.17) is 5.11 Å². The van der Waals surface area contributed by atoms with Crippen molar-refractivity contribution in [1.29, 1.82) is 0 Å². The number of carboxylic acid groups (broad SMARTS) is 1. The molecule has 1 rings (SSSR count). The Labute approximate surface area is 111 Å². The minimum Gasteiger partial charge on any atom is -0.480 e. The topological polar surface area (TPSA) is 61.7 Å². The molecule has 94 valence electrons. The molecule has 5 heteroatoms. The minimum absolute atomic E-state index is 0.432. The number of hydrogen-bond donors (Lipinski definition) is 2. The van der Waals surface area contributed by atoms with Crippen molar-refractivity contribution < 1.29 is 9.90 Å². The minimum atomic E-state index is -1.04. The maximum Gasteiger partial charge on any atom is 0.331 e. The molecule has 0 aliphatic rings. The number of benzene rings is 1. The van der Waals surface area contributed by atoms with Crippen molar-refractivity contribution >= 4 is 29.4 Å². The molecular weight excluding hydrogens is 248 g/mol. The molecule has 0 heterocycles. The standard InChI is InChI=1S/C13H14N2O2S/c1-14-11(12(13(16)17)15-9-18)8-7-10-5-3-2-4-6-10/h2-8,11-12,14H,1H3,(H,16,17). The fourth-order valence-electron chi connectivity index (χ4n) is 1.48. The maximum absolute atomic E-state index is 11.0. The van der Waals surface area contributed by atoms with Crippen LogP contribution in [0.15, 0.2) is 41.4 Å². The zero-order chi connectivity index (χ0) is 13.4. The van der Waals surface area contributed by atoms with Gasteiger partial charge in [0.2, 0.25) is 0 Å². The van der Waals surface area contributed by atoms with Crippen molar-refractivity contribution in [1.82, 2.24) is 5.32 Å². The van der Waals surface area contributed by atoms with Gasteiger partial charge in [-0.25, -0.2) is 9.79 Å². The predicted octanol–water partition coefficient (Wildman–Crippen LogP) is 1.84. The van der Waals surface area contributed by atoms with E-state index in [0.29, 0.717) is 0 Å². The van der Waals surface area contributed by atoms with Crippen LogP contribution in [0.25, 0.3) is 6.08 Å². The van der Waals surface area contributed by atoms with E-state index >= 15 is 0 Å². The Morgan fingerprint density at radius 1 is 1.50 bits per heavy atom. The molecule has 1 aromatic carbocycles. The number of aliphatic imine (C=N–C) groups is 1. The Bertz CT molecular complexity index is 465. The van der Waals surface area contributed by atoms with Gasteiger partial charge < -0.3 is 10.4 Å². The lowest BCUT2D eigenvalue weighted by Gasteiger charge is -2.15. The van der Waals surface area contributed by atoms with E-state index < -0.39 is 18.1 Å². The Kier molecular flexibility index (Phi) is 5.94. The van der Waals surface area contributed by atoms with Crippen molar-refractivity contribution in [2.75, 3.05) is 7.05 Å². The van der Waals surface area contributed by atoms with Crippen LogP contribution in [-0.4, -0.2) is 35.4 Å². The second-order valence-electron chi connectivity index (χ2n) is 3.59. The molecule has 4 nitrogen and oxygen atoms in total. The number of aliphatic carboxylic acids is 1. The summed E-state index contributed by atoms with van der Waals surface area (Å²) in [5.74, 6) is -1.04. The second-order valence-corrected chi connectivity index (χ2v) is 3.77. The highest BCUT2D eigenvalue weighted by Crippen LogP contribution is 2.06. The SMILES string of the molecule is CNC(C=Cc1ccccc1)C(N=C=S)C(=O)O. The van der Waals surface area contributed by atoms with Gasteiger partial charge >= 0.3 is 5.97 Å². The molecule has 0 bridgehead atoms. The lowest BCUT2D eigenvalue weighted by molar-refractivity contribution is -0.138. The number of hydrogen-bond acceptors (Lipinski definition) is 4. The van der Waals surface area contributed by atoms with E-state index in [2.05, 4.69) is 27.7 Å². The summed E-state index contributed by atoms with van der Waals surface area (Å²) >= 11 is 4.46. The van der Waals surface area contributed by atoms with Crippen molar-refractivity contribution in [3.63, 3.8) is 0 Å². The molecule has 0 spiro atoms. The Balaban J connectivity index is 2.86. The highest BCUT2D eigenvalue weighted by molar-refractivity contribution is 7.78. The molecule has 0 radical (unpaired) electrons. The van der Waals surface area contributed by atoms with Crippen LogP contribution < -0.4 is 5.32 Å². The summed E-state index contributed by atoms with van der Waals surface area (Å²) in [5, 5.41) is 14.1. The molecule has 2 atom stereocenters. The number of likely N-dealkylation sites (N-methyl/N-ethyl adjacent to an activating group) is 1. The van der Waals surface area contributed by atoms with Gasteiger partial charge in [0.25, 0.3) is 0 Å². The van der Waals surface area contributed by atoms with Crippen LogP contribution >= 0.6 is 12.2 Å². The maximum atomic E-state index is 11.0. The van der Waals surface area contributed by atoms with Gasteiger partial charge in [0, 0.05) is 0 Å².